The van der Waals surface area contributed by atoms with E-state index < -0.39 is 0 Å². The van der Waals surface area contributed by atoms with Crippen LogP contribution in [0.4, 0.5) is 5.69 Å². The summed E-state index contributed by atoms with van der Waals surface area (Å²) in [4.78, 5) is 23.5. The first-order valence-corrected chi connectivity index (χ1v) is 8.14. The highest BCUT2D eigenvalue weighted by Gasteiger charge is 2.18. The van der Waals surface area contributed by atoms with Crippen LogP contribution in [0.25, 0.3) is 0 Å². The molecular formula is C15H15N5O2S. The maximum Gasteiger partial charge on any atom is 0.296 e. The number of hydrogen-bond acceptors (Lipinski definition) is 6. The summed E-state index contributed by atoms with van der Waals surface area (Å²) in [5, 5.41) is 15.5. The zero-order valence-corrected chi connectivity index (χ0v) is 13.6. The lowest BCUT2D eigenvalue weighted by molar-refractivity contribution is -0.115. The third-order valence-corrected chi connectivity index (χ3v) is 4.28. The van der Waals surface area contributed by atoms with E-state index in [1.165, 1.54) is 16.4 Å². The number of benzene rings is 1. The molecule has 118 valence electrons. The van der Waals surface area contributed by atoms with Gasteiger partial charge in [-0.05, 0) is 24.6 Å². The molecule has 3 rings (SSSR count). The number of carbonyl (C=O) groups excluding carboxylic acids is 1. The van der Waals surface area contributed by atoms with Crippen molar-refractivity contribution < 1.29 is 4.79 Å². The fraction of sp³-hybridized carbons (Fsp3) is 0.267. The van der Waals surface area contributed by atoms with Gasteiger partial charge in [0.05, 0.1) is 5.71 Å². The average molecular weight is 329 g/mol. The highest BCUT2D eigenvalue weighted by molar-refractivity contribution is 7.99. The van der Waals surface area contributed by atoms with Crippen LogP contribution in [0.2, 0.25) is 0 Å². The second-order valence-electron chi connectivity index (χ2n) is 5.00. The Hall–Kier alpha value is -2.48. The number of nitrogens with one attached hydrogen (secondary N) is 1. The van der Waals surface area contributed by atoms with Crippen LogP contribution < -0.4 is 10.9 Å². The molecule has 0 saturated carbocycles. The summed E-state index contributed by atoms with van der Waals surface area (Å²) in [6.45, 7) is 3.42. The van der Waals surface area contributed by atoms with E-state index >= 15 is 0 Å². The van der Waals surface area contributed by atoms with Crippen LogP contribution in [-0.4, -0.2) is 32.2 Å². The molecule has 0 unspecified atom stereocenters. The molecule has 0 bridgehead atoms. The first-order valence-electron chi connectivity index (χ1n) is 7.15. The van der Waals surface area contributed by atoms with Gasteiger partial charge in [0.2, 0.25) is 11.1 Å². The van der Waals surface area contributed by atoms with Crippen LogP contribution in [0.1, 0.15) is 24.6 Å². The number of rotatable bonds is 3. The Morgan fingerprint density at radius 2 is 2.04 bits per heavy atom. The van der Waals surface area contributed by atoms with E-state index in [9.17, 15) is 9.59 Å². The van der Waals surface area contributed by atoms with Crippen molar-refractivity contribution in [3.05, 3.63) is 45.9 Å². The topological polar surface area (TPSA) is 89.2 Å². The van der Waals surface area contributed by atoms with Gasteiger partial charge in [-0.15, -0.1) is 10.2 Å². The number of hydrogen-bond donors (Lipinski definition) is 1. The van der Waals surface area contributed by atoms with Crippen LogP contribution in [0.3, 0.4) is 0 Å². The van der Waals surface area contributed by atoms with Gasteiger partial charge in [-0.2, -0.15) is 9.78 Å². The first-order chi connectivity index (χ1) is 11.1. The quantitative estimate of drug-likeness (QED) is 0.925. The predicted octanol–water partition coefficient (Wildman–Crippen LogP) is 1.65. The minimum absolute atomic E-state index is 0.0298. The summed E-state index contributed by atoms with van der Waals surface area (Å²) < 4.78 is 1.29. The molecule has 1 aromatic carbocycles. The van der Waals surface area contributed by atoms with Crippen LogP contribution in [0.5, 0.6) is 0 Å². The number of amides is 1. The standard InChI is InChI=1S/C15H15N5O2S/c1-3-13(21)16-11-6-4-10(5-7-11)12-8-23-15-18-17-9(2)14(22)20(15)19-12/h4-7H,3,8H2,1-2H3,(H,16,21). The fourth-order valence-corrected chi connectivity index (χ4v) is 2.87. The minimum Gasteiger partial charge on any atom is -0.326 e. The van der Waals surface area contributed by atoms with Crippen molar-refractivity contribution in [3.8, 4) is 0 Å². The first kappa shape index (κ1) is 15.4. The van der Waals surface area contributed by atoms with Crippen LogP contribution in [0, 0.1) is 6.92 Å². The maximum atomic E-state index is 12.1. The third-order valence-electron chi connectivity index (χ3n) is 3.35. The molecule has 0 radical (unpaired) electrons. The summed E-state index contributed by atoms with van der Waals surface area (Å²) in [5.74, 6) is 0.579. The van der Waals surface area contributed by atoms with Crippen molar-refractivity contribution >= 4 is 29.1 Å². The molecule has 23 heavy (non-hydrogen) atoms. The van der Waals surface area contributed by atoms with E-state index in [-0.39, 0.29) is 11.5 Å². The number of carbonyl (C=O) groups is 1. The molecule has 8 heteroatoms. The number of nitrogens with zero attached hydrogens (tertiary/aromatic N) is 4. The zero-order valence-electron chi connectivity index (χ0n) is 12.7. The lowest BCUT2D eigenvalue weighted by Crippen LogP contribution is -2.28. The van der Waals surface area contributed by atoms with Crippen molar-refractivity contribution in [2.75, 3.05) is 11.1 Å². The molecule has 1 amide bonds. The van der Waals surface area contributed by atoms with Crippen LogP contribution >= 0.6 is 11.8 Å². The van der Waals surface area contributed by atoms with E-state index in [0.717, 1.165) is 17.0 Å². The molecule has 2 aromatic rings. The predicted molar refractivity (Wildman–Crippen MR) is 89.1 cm³/mol. The molecule has 0 aliphatic carbocycles. The third kappa shape index (κ3) is 3.16. The molecule has 7 nitrogen and oxygen atoms in total. The monoisotopic (exact) mass is 329 g/mol. The summed E-state index contributed by atoms with van der Waals surface area (Å²) >= 11 is 1.42. The Bertz CT molecular complexity index is 842. The Balaban J connectivity index is 1.90. The largest absolute Gasteiger partial charge is 0.326 e. The Morgan fingerprint density at radius 3 is 2.74 bits per heavy atom. The van der Waals surface area contributed by atoms with Gasteiger partial charge in [-0.1, -0.05) is 30.8 Å². The Labute approximate surface area is 136 Å². The zero-order chi connectivity index (χ0) is 16.4. The summed E-state index contributed by atoms with van der Waals surface area (Å²) in [7, 11) is 0. The van der Waals surface area contributed by atoms with E-state index in [4.69, 9.17) is 0 Å². The minimum atomic E-state index is -0.258. The maximum absolute atomic E-state index is 12.1. The van der Waals surface area contributed by atoms with Gasteiger partial charge >= 0.3 is 0 Å². The fourth-order valence-electron chi connectivity index (χ4n) is 2.04. The molecule has 0 fully saturated rings. The molecule has 0 atom stereocenters. The summed E-state index contributed by atoms with van der Waals surface area (Å²) in [6.07, 6.45) is 0.436. The Morgan fingerprint density at radius 1 is 1.30 bits per heavy atom. The van der Waals surface area contributed by atoms with E-state index in [0.29, 0.717) is 23.0 Å². The molecule has 1 aromatic heterocycles. The van der Waals surface area contributed by atoms with Gasteiger partial charge in [-0.3, -0.25) is 9.59 Å². The smallest absolute Gasteiger partial charge is 0.296 e. The summed E-state index contributed by atoms with van der Waals surface area (Å²) in [5.41, 5.74) is 2.48. The van der Waals surface area contributed by atoms with E-state index in [1.807, 2.05) is 24.3 Å². The molecule has 1 aliphatic rings. The molecule has 1 aliphatic heterocycles. The van der Waals surface area contributed by atoms with Gasteiger partial charge in [0.1, 0.15) is 5.69 Å². The average Bonchev–Trinajstić information content (AvgIpc) is 2.58. The van der Waals surface area contributed by atoms with Gasteiger partial charge in [0.25, 0.3) is 5.56 Å². The van der Waals surface area contributed by atoms with Crippen molar-refractivity contribution in [2.24, 2.45) is 5.10 Å². The highest BCUT2D eigenvalue weighted by atomic mass is 32.2. The number of aryl methyl sites for hydroxylation is 1. The van der Waals surface area contributed by atoms with Crippen LogP contribution in [-0.2, 0) is 4.79 Å². The van der Waals surface area contributed by atoms with Crippen molar-refractivity contribution in [1.82, 2.24) is 14.9 Å². The van der Waals surface area contributed by atoms with Gasteiger partial charge in [-0.25, -0.2) is 0 Å². The molecule has 0 spiro atoms. The van der Waals surface area contributed by atoms with Crippen molar-refractivity contribution in [3.63, 3.8) is 0 Å². The second-order valence-corrected chi connectivity index (χ2v) is 5.94. The lowest BCUT2D eigenvalue weighted by atomic mass is 10.1. The van der Waals surface area contributed by atoms with Gasteiger partial charge < -0.3 is 5.32 Å². The molecule has 1 N–H and O–H groups in total. The highest BCUT2D eigenvalue weighted by Crippen LogP contribution is 2.21. The number of anilines is 1. The van der Waals surface area contributed by atoms with Gasteiger partial charge in [0, 0.05) is 17.9 Å². The lowest BCUT2D eigenvalue weighted by Gasteiger charge is -2.15. The number of thioether (sulfide) groups is 1. The SMILES string of the molecule is CCC(=O)Nc1ccc(C2=Nn3c(nnc(C)c3=O)SC2)cc1. The van der Waals surface area contributed by atoms with E-state index in [1.54, 1.807) is 13.8 Å². The van der Waals surface area contributed by atoms with E-state index in [2.05, 4.69) is 20.6 Å². The normalized spacial score (nSPS) is 13.2. The molecule has 2 heterocycles. The Kier molecular flexibility index (Phi) is 4.24. The van der Waals surface area contributed by atoms with Crippen molar-refractivity contribution in [1.29, 1.82) is 0 Å². The summed E-state index contributed by atoms with van der Waals surface area (Å²) in [6, 6.07) is 7.40. The number of aromatic nitrogens is 3. The molecule has 0 saturated heterocycles. The second kappa shape index (κ2) is 6.33. The molecular weight excluding hydrogens is 314 g/mol. The van der Waals surface area contributed by atoms with Crippen molar-refractivity contribution in [2.45, 2.75) is 25.4 Å². The number of fused-ring (bicyclic) bond motifs is 1. The van der Waals surface area contributed by atoms with Crippen LogP contribution in [0.15, 0.2) is 39.3 Å². The van der Waals surface area contributed by atoms with Gasteiger partial charge in [0.15, 0.2) is 0 Å².